The first kappa shape index (κ1) is 18.1. The number of carboxylic acid groups (broad SMARTS) is 3. The van der Waals surface area contributed by atoms with E-state index >= 15 is 0 Å². The van der Waals surface area contributed by atoms with E-state index in [1.54, 1.807) is 16.2 Å². The van der Waals surface area contributed by atoms with Gasteiger partial charge in [-0.05, 0) is 25.8 Å². The molecule has 1 saturated heterocycles. The number of fused-ring (bicyclic) bond motifs is 2. The van der Waals surface area contributed by atoms with Crippen molar-refractivity contribution in [2.75, 3.05) is 18.0 Å². The third-order valence-corrected chi connectivity index (χ3v) is 6.50. The zero-order chi connectivity index (χ0) is 19.3. The Labute approximate surface area is 151 Å². The highest BCUT2D eigenvalue weighted by atomic mass is 32.1. The van der Waals surface area contributed by atoms with Crippen LogP contribution in [0.25, 0.3) is 10.2 Å². The van der Waals surface area contributed by atoms with Crippen LogP contribution in [0.4, 0.5) is 5.82 Å². The summed E-state index contributed by atoms with van der Waals surface area (Å²) >= 11 is 1.56. The van der Waals surface area contributed by atoms with Crippen molar-refractivity contribution < 1.29 is 29.7 Å². The Bertz CT molecular complexity index is 900. The lowest BCUT2D eigenvalue weighted by Gasteiger charge is -2.22. The standard InChI is InChI=1S/C15H15N3O4S.CH2O2/c1-7-8(2)23-11-9(7)10(16-6-17-11)18-4-14(12(19)20)3-15(14,5-18)13(21)22;2-1-3/h6H,3-5H2,1-2H3,(H,19,20)(H,21,22);1H,(H,2,3)/t14-,15+;. The average molecular weight is 379 g/mol. The van der Waals surface area contributed by atoms with Crippen LogP contribution in [0.3, 0.4) is 0 Å². The van der Waals surface area contributed by atoms with Crippen molar-refractivity contribution in [3.63, 3.8) is 0 Å². The number of carbonyl (C=O) groups is 3. The zero-order valence-electron chi connectivity index (χ0n) is 14.1. The first-order chi connectivity index (χ1) is 12.2. The molecular formula is C16H17N3O6S. The van der Waals surface area contributed by atoms with E-state index in [0.717, 1.165) is 20.7 Å². The highest BCUT2D eigenvalue weighted by molar-refractivity contribution is 7.18. The van der Waals surface area contributed by atoms with Gasteiger partial charge in [-0.1, -0.05) is 0 Å². The fourth-order valence-corrected chi connectivity index (χ4v) is 4.83. The summed E-state index contributed by atoms with van der Waals surface area (Å²) in [7, 11) is 0. The van der Waals surface area contributed by atoms with Crippen LogP contribution in [0, 0.1) is 24.7 Å². The number of nitrogens with zero attached hydrogens (tertiary/aromatic N) is 3. The minimum atomic E-state index is -1.20. The monoisotopic (exact) mass is 379 g/mol. The van der Waals surface area contributed by atoms with Gasteiger partial charge in [-0.3, -0.25) is 14.4 Å². The normalized spacial score (nSPS) is 26.0. The van der Waals surface area contributed by atoms with Crippen molar-refractivity contribution in [3.05, 3.63) is 16.8 Å². The van der Waals surface area contributed by atoms with Crippen LogP contribution in [0.1, 0.15) is 16.9 Å². The van der Waals surface area contributed by atoms with Crippen LogP contribution in [-0.4, -0.2) is 56.8 Å². The summed E-state index contributed by atoms with van der Waals surface area (Å²) in [6.07, 6.45) is 1.65. The molecule has 0 aromatic carbocycles. The van der Waals surface area contributed by atoms with E-state index in [-0.39, 0.29) is 26.0 Å². The van der Waals surface area contributed by atoms with Crippen molar-refractivity contribution in [1.29, 1.82) is 0 Å². The van der Waals surface area contributed by atoms with Gasteiger partial charge in [-0.2, -0.15) is 0 Å². The second-order valence-electron chi connectivity index (χ2n) is 6.57. The molecule has 0 bridgehead atoms. The van der Waals surface area contributed by atoms with Crippen LogP contribution in [-0.2, 0) is 14.4 Å². The Hall–Kier alpha value is -2.75. The van der Waals surface area contributed by atoms with Crippen LogP contribution in [0.5, 0.6) is 0 Å². The molecular weight excluding hydrogens is 362 g/mol. The fraction of sp³-hybridized carbons (Fsp3) is 0.438. The van der Waals surface area contributed by atoms with Gasteiger partial charge in [0, 0.05) is 18.0 Å². The molecule has 10 heteroatoms. The smallest absolute Gasteiger partial charge is 0.312 e. The molecule has 2 aromatic heterocycles. The van der Waals surface area contributed by atoms with E-state index in [4.69, 9.17) is 9.90 Å². The van der Waals surface area contributed by atoms with Crippen molar-refractivity contribution in [1.82, 2.24) is 9.97 Å². The molecule has 0 unspecified atom stereocenters. The summed E-state index contributed by atoms with van der Waals surface area (Å²) in [5, 5.41) is 26.9. The minimum Gasteiger partial charge on any atom is -0.483 e. The van der Waals surface area contributed by atoms with Gasteiger partial charge in [0.25, 0.3) is 6.47 Å². The number of thiophene rings is 1. The molecule has 1 aliphatic heterocycles. The lowest BCUT2D eigenvalue weighted by molar-refractivity contribution is -0.151. The number of carboxylic acids is 2. The van der Waals surface area contributed by atoms with Crippen LogP contribution in [0.2, 0.25) is 0 Å². The molecule has 3 N–H and O–H groups in total. The zero-order valence-corrected chi connectivity index (χ0v) is 14.9. The molecule has 1 aliphatic carbocycles. The second kappa shape index (κ2) is 5.90. The number of piperidine rings is 1. The van der Waals surface area contributed by atoms with E-state index < -0.39 is 22.8 Å². The van der Waals surface area contributed by atoms with Crippen LogP contribution >= 0.6 is 11.3 Å². The van der Waals surface area contributed by atoms with Crippen molar-refractivity contribution in [2.24, 2.45) is 10.8 Å². The molecule has 1 saturated carbocycles. The van der Waals surface area contributed by atoms with Crippen molar-refractivity contribution in [2.45, 2.75) is 20.3 Å². The largest absolute Gasteiger partial charge is 0.483 e. The molecule has 2 atom stereocenters. The summed E-state index contributed by atoms with van der Waals surface area (Å²) in [6.45, 7) is 4.09. The van der Waals surface area contributed by atoms with Gasteiger partial charge in [0.1, 0.15) is 27.8 Å². The Kier molecular flexibility index (Phi) is 4.10. The average Bonchev–Trinajstić information content (AvgIpc) is 2.98. The number of hydrogen-bond acceptors (Lipinski definition) is 7. The molecule has 2 fully saturated rings. The maximum absolute atomic E-state index is 11.7. The fourth-order valence-electron chi connectivity index (χ4n) is 3.84. The Morgan fingerprint density at radius 2 is 1.73 bits per heavy atom. The summed E-state index contributed by atoms with van der Waals surface area (Å²) in [5.41, 5.74) is -1.33. The first-order valence-electron chi connectivity index (χ1n) is 7.74. The second-order valence-corrected chi connectivity index (χ2v) is 7.78. The highest BCUT2D eigenvalue weighted by Gasteiger charge is 2.81. The third kappa shape index (κ3) is 2.25. The quantitative estimate of drug-likeness (QED) is 0.674. The van der Waals surface area contributed by atoms with E-state index in [0.29, 0.717) is 5.82 Å². The highest BCUT2D eigenvalue weighted by Crippen LogP contribution is 2.69. The molecule has 26 heavy (non-hydrogen) atoms. The molecule has 138 valence electrons. The molecule has 2 aliphatic rings. The van der Waals surface area contributed by atoms with Gasteiger partial charge in [0.2, 0.25) is 0 Å². The van der Waals surface area contributed by atoms with E-state index in [9.17, 15) is 19.8 Å². The SMILES string of the molecule is Cc1sc2ncnc(N3C[C@@]4(C(=O)O)C[C@@]4(C(=O)O)C3)c2c1C.O=CO. The van der Waals surface area contributed by atoms with Crippen LogP contribution < -0.4 is 4.90 Å². The lowest BCUT2D eigenvalue weighted by atomic mass is 9.97. The molecule has 2 aromatic rings. The molecule has 3 heterocycles. The van der Waals surface area contributed by atoms with Crippen LogP contribution in [0.15, 0.2) is 6.33 Å². The molecule has 9 nitrogen and oxygen atoms in total. The summed E-state index contributed by atoms with van der Waals surface area (Å²) < 4.78 is 0. The topological polar surface area (TPSA) is 141 Å². The number of anilines is 1. The van der Waals surface area contributed by atoms with Gasteiger partial charge in [-0.15, -0.1) is 11.3 Å². The number of aliphatic carboxylic acids is 2. The van der Waals surface area contributed by atoms with Gasteiger partial charge in [0.05, 0.1) is 5.39 Å². The van der Waals surface area contributed by atoms with Gasteiger partial charge in [-0.25, -0.2) is 9.97 Å². The van der Waals surface area contributed by atoms with E-state index in [2.05, 4.69) is 9.97 Å². The number of rotatable bonds is 3. The minimum absolute atomic E-state index is 0.176. The maximum Gasteiger partial charge on any atom is 0.312 e. The van der Waals surface area contributed by atoms with Crippen molar-refractivity contribution in [3.8, 4) is 0 Å². The van der Waals surface area contributed by atoms with Gasteiger partial charge >= 0.3 is 11.9 Å². The maximum atomic E-state index is 11.7. The van der Waals surface area contributed by atoms with Gasteiger partial charge in [0.15, 0.2) is 0 Å². The number of aromatic nitrogens is 2. The predicted molar refractivity (Wildman–Crippen MR) is 92.5 cm³/mol. The lowest BCUT2D eigenvalue weighted by Crippen LogP contribution is -2.29. The molecule has 0 amide bonds. The Balaban J connectivity index is 0.000000613. The molecule has 4 rings (SSSR count). The number of aryl methyl sites for hydroxylation is 2. The number of hydrogen-bond donors (Lipinski definition) is 3. The van der Waals surface area contributed by atoms with Crippen molar-refractivity contribution >= 4 is 45.8 Å². The third-order valence-electron chi connectivity index (χ3n) is 5.38. The van der Waals surface area contributed by atoms with E-state index in [1.165, 1.54) is 6.33 Å². The van der Waals surface area contributed by atoms with E-state index in [1.807, 2.05) is 13.8 Å². The summed E-state index contributed by atoms with van der Waals surface area (Å²) in [5.74, 6) is -1.43. The summed E-state index contributed by atoms with van der Waals surface area (Å²) in [4.78, 5) is 44.1. The molecule has 0 radical (unpaired) electrons. The van der Waals surface area contributed by atoms with Gasteiger partial charge < -0.3 is 20.2 Å². The Morgan fingerprint density at radius 3 is 2.23 bits per heavy atom. The predicted octanol–water partition coefficient (Wildman–Crippen LogP) is 1.37. The summed E-state index contributed by atoms with van der Waals surface area (Å²) in [6, 6.07) is 0. The molecule has 0 spiro atoms. The Morgan fingerprint density at radius 1 is 1.19 bits per heavy atom. The first-order valence-corrected chi connectivity index (χ1v) is 8.56.